The zero-order valence-corrected chi connectivity index (χ0v) is 16.8. The van der Waals surface area contributed by atoms with Gasteiger partial charge in [-0.3, -0.25) is 9.59 Å². The van der Waals surface area contributed by atoms with Gasteiger partial charge in [-0.05, 0) is 31.8 Å². The van der Waals surface area contributed by atoms with E-state index in [1.165, 1.54) is 0 Å². The normalized spacial score (nSPS) is 27.4. The van der Waals surface area contributed by atoms with Crippen LogP contribution >= 0.6 is 0 Å². The Bertz CT molecular complexity index is 561. The summed E-state index contributed by atoms with van der Waals surface area (Å²) in [4.78, 5) is 22.9. The maximum Gasteiger partial charge on any atom is 0.303 e. The highest BCUT2D eigenvalue weighted by molar-refractivity contribution is 5.84. The van der Waals surface area contributed by atoms with Gasteiger partial charge in [-0.15, -0.1) is 0 Å². The summed E-state index contributed by atoms with van der Waals surface area (Å²) in [7, 11) is 0. The van der Waals surface area contributed by atoms with Crippen molar-refractivity contribution >= 4 is 11.8 Å². The Morgan fingerprint density at radius 3 is 2.64 bits per heavy atom. The molecule has 158 valence electrons. The van der Waals surface area contributed by atoms with E-state index in [1.54, 1.807) is 0 Å². The lowest BCUT2D eigenvalue weighted by Crippen LogP contribution is -2.28. The summed E-state index contributed by atoms with van der Waals surface area (Å²) in [5.41, 5.74) is 0. The number of aliphatic hydroxyl groups is 1. The number of hydrogen-bond acceptors (Lipinski definition) is 5. The third-order valence-corrected chi connectivity index (χ3v) is 5.53. The maximum absolute atomic E-state index is 12.3. The largest absolute Gasteiger partial charge is 0.481 e. The van der Waals surface area contributed by atoms with Crippen LogP contribution < -0.4 is 0 Å². The number of ketones is 1. The lowest BCUT2D eigenvalue weighted by Gasteiger charge is -2.25. The summed E-state index contributed by atoms with van der Waals surface area (Å²) in [6.07, 6.45) is 13.2. The van der Waals surface area contributed by atoms with Crippen molar-refractivity contribution in [3.05, 3.63) is 24.3 Å². The summed E-state index contributed by atoms with van der Waals surface area (Å²) in [5.74, 6) is -1.94. The zero-order valence-electron chi connectivity index (χ0n) is 16.8. The fourth-order valence-electron chi connectivity index (χ4n) is 3.93. The van der Waals surface area contributed by atoms with Gasteiger partial charge in [0.15, 0.2) is 5.79 Å². The molecule has 2 N–H and O–H groups in total. The van der Waals surface area contributed by atoms with Crippen molar-refractivity contribution in [3.8, 4) is 0 Å². The SMILES string of the molecule is CCCCCC1(/C=C/[C@H]2[C@H](O)CC(=O)[C@@H]2C/C=C\CCCC(=O)O)OCCO1. The number of aliphatic hydroxyl groups excluding tert-OH is 1. The molecule has 0 aromatic heterocycles. The molecule has 0 spiro atoms. The number of carbonyl (C=O) groups is 2. The molecular weight excluding hydrogens is 360 g/mol. The number of carboxylic acids is 1. The van der Waals surface area contributed by atoms with E-state index >= 15 is 0 Å². The summed E-state index contributed by atoms with van der Waals surface area (Å²) in [6.45, 7) is 3.27. The molecule has 0 amide bonds. The van der Waals surface area contributed by atoms with Crippen molar-refractivity contribution in [1.82, 2.24) is 0 Å². The van der Waals surface area contributed by atoms with Crippen LogP contribution in [-0.4, -0.2) is 47.1 Å². The Morgan fingerprint density at radius 2 is 1.96 bits per heavy atom. The van der Waals surface area contributed by atoms with Gasteiger partial charge >= 0.3 is 5.97 Å². The molecule has 6 heteroatoms. The third-order valence-electron chi connectivity index (χ3n) is 5.53. The second-order valence-corrected chi connectivity index (χ2v) is 7.74. The Hall–Kier alpha value is -1.50. The fourth-order valence-corrected chi connectivity index (χ4v) is 3.93. The van der Waals surface area contributed by atoms with Gasteiger partial charge in [-0.1, -0.05) is 38.0 Å². The second-order valence-electron chi connectivity index (χ2n) is 7.74. The van der Waals surface area contributed by atoms with Crippen molar-refractivity contribution in [2.45, 2.75) is 76.6 Å². The molecule has 0 aromatic rings. The molecule has 1 heterocycles. The minimum absolute atomic E-state index is 0.0747. The van der Waals surface area contributed by atoms with Gasteiger partial charge < -0.3 is 19.7 Å². The van der Waals surface area contributed by atoms with E-state index in [0.717, 1.165) is 25.7 Å². The lowest BCUT2D eigenvalue weighted by molar-refractivity contribution is -0.137. The number of unbranched alkanes of at least 4 members (excludes halogenated alkanes) is 3. The summed E-state index contributed by atoms with van der Waals surface area (Å²) in [6, 6.07) is 0. The molecule has 0 unspecified atom stereocenters. The van der Waals surface area contributed by atoms with Gasteiger partial charge in [0.05, 0.1) is 19.3 Å². The molecule has 1 aliphatic heterocycles. The third kappa shape index (κ3) is 6.83. The average molecular weight is 395 g/mol. The first-order valence-corrected chi connectivity index (χ1v) is 10.5. The molecule has 0 radical (unpaired) electrons. The van der Waals surface area contributed by atoms with E-state index in [9.17, 15) is 14.7 Å². The molecule has 2 rings (SSSR count). The van der Waals surface area contributed by atoms with Crippen LogP contribution in [0.4, 0.5) is 0 Å². The van der Waals surface area contributed by atoms with Crippen LogP contribution in [0.3, 0.4) is 0 Å². The molecule has 1 saturated carbocycles. The molecule has 0 aromatic carbocycles. The zero-order chi connectivity index (χ0) is 20.4. The van der Waals surface area contributed by atoms with Gasteiger partial charge in [0.2, 0.25) is 0 Å². The molecule has 2 fully saturated rings. The predicted octanol–water partition coefficient (Wildman–Crippen LogP) is 3.63. The minimum atomic E-state index is -0.795. The molecule has 2 aliphatic rings. The number of hydrogen-bond donors (Lipinski definition) is 2. The first-order chi connectivity index (χ1) is 13.5. The van der Waals surface area contributed by atoms with Crippen molar-refractivity contribution < 1.29 is 29.3 Å². The van der Waals surface area contributed by atoms with E-state index < -0.39 is 17.9 Å². The van der Waals surface area contributed by atoms with E-state index in [4.69, 9.17) is 14.6 Å². The van der Waals surface area contributed by atoms with Crippen molar-refractivity contribution in [2.75, 3.05) is 13.2 Å². The Balaban J connectivity index is 1.94. The molecule has 1 aliphatic carbocycles. The number of Topliss-reactive ketones (excluding diaryl/α,β-unsaturated/α-hetero) is 1. The summed E-state index contributed by atoms with van der Waals surface area (Å²) < 4.78 is 11.7. The lowest BCUT2D eigenvalue weighted by atomic mass is 9.89. The van der Waals surface area contributed by atoms with E-state index in [2.05, 4.69) is 6.92 Å². The highest BCUT2D eigenvalue weighted by Gasteiger charge is 2.40. The molecule has 3 atom stereocenters. The first kappa shape index (κ1) is 22.8. The van der Waals surface area contributed by atoms with Crippen LogP contribution in [0.5, 0.6) is 0 Å². The fraction of sp³-hybridized carbons (Fsp3) is 0.727. The second kappa shape index (κ2) is 11.5. The summed E-state index contributed by atoms with van der Waals surface area (Å²) in [5, 5.41) is 19.0. The summed E-state index contributed by atoms with van der Waals surface area (Å²) >= 11 is 0. The Morgan fingerprint density at radius 1 is 1.21 bits per heavy atom. The molecule has 28 heavy (non-hydrogen) atoms. The van der Waals surface area contributed by atoms with Gasteiger partial charge in [0.25, 0.3) is 0 Å². The van der Waals surface area contributed by atoms with Crippen LogP contribution in [0.1, 0.15) is 64.7 Å². The predicted molar refractivity (Wildman–Crippen MR) is 106 cm³/mol. The maximum atomic E-state index is 12.3. The topological polar surface area (TPSA) is 93.1 Å². The van der Waals surface area contributed by atoms with Crippen molar-refractivity contribution in [2.24, 2.45) is 11.8 Å². The van der Waals surface area contributed by atoms with Gasteiger partial charge in [0.1, 0.15) is 5.78 Å². The standard InChI is InChI=1S/C22H34O6/c1-2-3-8-12-22(27-14-15-28-22)13-11-18-17(19(23)16-20(18)24)9-6-4-5-7-10-21(25)26/h4,6,11,13,17-18,20,24H,2-3,5,7-10,12,14-16H2,1H3,(H,25,26)/b6-4-,13-11+/t17-,18-,20-/m1/s1. The highest BCUT2D eigenvalue weighted by Crippen LogP contribution is 2.35. The number of carboxylic acid groups (broad SMARTS) is 1. The Kier molecular flexibility index (Phi) is 9.35. The molecule has 1 saturated heterocycles. The van der Waals surface area contributed by atoms with Crippen LogP contribution in [0.2, 0.25) is 0 Å². The molecular formula is C22H34O6. The number of rotatable bonds is 12. The van der Waals surface area contributed by atoms with Crippen molar-refractivity contribution in [3.63, 3.8) is 0 Å². The molecule has 6 nitrogen and oxygen atoms in total. The monoisotopic (exact) mass is 394 g/mol. The van der Waals surface area contributed by atoms with Crippen LogP contribution in [-0.2, 0) is 19.1 Å². The van der Waals surface area contributed by atoms with Crippen LogP contribution in [0.15, 0.2) is 24.3 Å². The van der Waals surface area contributed by atoms with E-state index in [-0.39, 0.29) is 30.5 Å². The highest BCUT2D eigenvalue weighted by atomic mass is 16.7. The van der Waals surface area contributed by atoms with Gasteiger partial charge in [-0.2, -0.15) is 0 Å². The van der Waals surface area contributed by atoms with Crippen LogP contribution in [0.25, 0.3) is 0 Å². The van der Waals surface area contributed by atoms with Crippen molar-refractivity contribution in [1.29, 1.82) is 0 Å². The average Bonchev–Trinajstić information content (AvgIpc) is 3.21. The number of ether oxygens (including phenoxy) is 2. The Labute approximate surface area is 167 Å². The van der Waals surface area contributed by atoms with Crippen LogP contribution in [0, 0.1) is 11.8 Å². The van der Waals surface area contributed by atoms with Gasteiger partial charge in [-0.25, -0.2) is 0 Å². The minimum Gasteiger partial charge on any atom is -0.481 e. The number of carbonyl (C=O) groups excluding carboxylic acids is 1. The van der Waals surface area contributed by atoms with E-state index in [1.807, 2.05) is 24.3 Å². The van der Waals surface area contributed by atoms with E-state index in [0.29, 0.717) is 32.5 Å². The van der Waals surface area contributed by atoms with Gasteiger partial charge in [0, 0.05) is 31.1 Å². The molecule has 0 bridgehead atoms. The number of allylic oxidation sites excluding steroid dienone is 2. The first-order valence-electron chi connectivity index (χ1n) is 10.5. The number of aliphatic carboxylic acids is 1. The quantitative estimate of drug-likeness (QED) is 0.388. The smallest absolute Gasteiger partial charge is 0.303 e.